The molecule has 0 radical (unpaired) electrons. The van der Waals surface area contributed by atoms with Crippen LogP contribution in [0.15, 0.2) is 24.3 Å². The number of aromatic hydroxyl groups is 1. The fourth-order valence-electron chi connectivity index (χ4n) is 5.28. The van der Waals surface area contributed by atoms with Gasteiger partial charge in [0.25, 0.3) is 0 Å². The van der Waals surface area contributed by atoms with Crippen molar-refractivity contribution in [3.05, 3.63) is 29.8 Å². The van der Waals surface area contributed by atoms with Gasteiger partial charge in [0.2, 0.25) is 0 Å². The van der Waals surface area contributed by atoms with Gasteiger partial charge < -0.3 is 10.2 Å². The molecule has 0 aromatic heterocycles. The monoisotopic (exact) mass is 502 g/mol. The maximum absolute atomic E-state index is 11.8. The van der Waals surface area contributed by atoms with E-state index in [0.29, 0.717) is 6.42 Å². The van der Waals surface area contributed by atoms with E-state index in [4.69, 9.17) is 0 Å². The molecule has 1 aromatic carbocycles. The second-order valence-corrected chi connectivity index (χ2v) is 11.8. The first-order valence-corrected chi connectivity index (χ1v) is 15.4. The zero-order valence-electron chi connectivity index (χ0n) is 24.0. The number of unbranched alkanes of at least 4 members (excludes halogenated alkanes) is 17. The molecule has 1 unspecified atom stereocenters. The average molecular weight is 503 g/mol. The standard InChI is InChI=1S/C33H58O3/c1-4-5-6-7-8-9-10-11-12-13-14-15-16-17-18-19-20-21-22-29(32(35)36)27-28-33(2,3)30-23-25-31(34)26-24-30/h23-26,29,34H,4-22,27-28H2,1-3H3,(H,35,36). The van der Waals surface area contributed by atoms with Crippen molar-refractivity contribution >= 4 is 5.97 Å². The largest absolute Gasteiger partial charge is 0.508 e. The Morgan fingerprint density at radius 3 is 1.44 bits per heavy atom. The third kappa shape index (κ3) is 16.3. The molecule has 36 heavy (non-hydrogen) atoms. The number of carboxylic acid groups (broad SMARTS) is 1. The van der Waals surface area contributed by atoms with Gasteiger partial charge in [0.05, 0.1) is 5.92 Å². The van der Waals surface area contributed by atoms with E-state index in [1.165, 1.54) is 103 Å². The van der Waals surface area contributed by atoms with Crippen LogP contribution in [-0.4, -0.2) is 16.2 Å². The molecule has 2 N–H and O–H groups in total. The van der Waals surface area contributed by atoms with E-state index < -0.39 is 5.97 Å². The minimum atomic E-state index is -0.650. The first-order chi connectivity index (χ1) is 17.4. The van der Waals surface area contributed by atoms with Crippen LogP contribution in [0.5, 0.6) is 5.75 Å². The summed E-state index contributed by atoms with van der Waals surface area (Å²) in [6.45, 7) is 6.61. The lowest BCUT2D eigenvalue weighted by Crippen LogP contribution is -2.21. The highest BCUT2D eigenvalue weighted by Gasteiger charge is 2.25. The lowest BCUT2D eigenvalue weighted by Gasteiger charge is -2.27. The predicted molar refractivity (Wildman–Crippen MR) is 155 cm³/mol. The van der Waals surface area contributed by atoms with Crippen LogP contribution >= 0.6 is 0 Å². The number of aliphatic carboxylic acids is 1. The third-order valence-corrected chi connectivity index (χ3v) is 8.02. The van der Waals surface area contributed by atoms with Gasteiger partial charge in [0, 0.05) is 0 Å². The normalized spacial score (nSPS) is 12.6. The van der Waals surface area contributed by atoms with Crippen LogP contribution in [0.3, 0.4) is 0 Å². The van der Waals surface area contributed by atoms with Gasteiger partial charge in [0.1, 0.15) is 5.75 Å². The van der Waals surface area contributed by atoms with Gasteiger partial charge in [0.15, 0.2) is 0 Å². The number of carbonyl (C=O) groups is 1. The van der Waals surface area contributed by atoms with Crippen molar-refractivity contribution < 1.29 is 15.0 Å². The summed E-state index contributed by atoms with van der Waals surface area (Å²) in [5, 5.41) is 19.2. The number of hydrogen-bond acceptors (Lipinski definition) is 2. The summed E-state index contributed by atoms with van der Waals surface area (Å²) in [5.41, 5.74) is 1.06. The summed E-state index contributed by atoms with van der Waals surface area (Å²) in [7, 11) is 0. The molecular weight excluding hydrogens is 444 g/mol. The van der Waals surface area contributed by atoms with Crippen LogP contribution in [0.2, 0.25) is 0 Å². The molecule has 1 atom stereocenters. The number of hydrogen-bond donors (Lipinski definition) is 2. The van der Waals surface area contributed by atoms with E-state index in [1.807, 2.05) is 12.1 Å². The zero-order chi connectivity index (χ0) is 26.5. The first kappa shape index (κ1) is 32.5. The van der Waals surface area contributed by atoms with Gasteiger partial charge in [-0.25, -0.2) is 0 Å². The molecule has 1 aromatic rings. The van der Waals surface area contributed by atoms with E-state index >= 15 is 0 Å². The molecule has 0 amide bonds. The van der Waals surface area contributed by atoms with Crippen LogP contribution in [0.4, 0.5) is 0 Å². The summed E-state index contributed by atoms with van der Waals surface area (Å²) >= 11 is 0. The topological polar surface area (TPSA) is 57.5 Å². The van der Waals surface area contributed by atoms with Crippen molar-refractivity contribution in [2.24, 2.45) is 5.92 Å². The highest BCUT2D eigenvalue weighted by molar-refractivity contribution is 5.69. The maximum atomic E-state index is 11.8. The van der Waals surface area contributed by atoms with Crippen molar-refractivity contribution in [1.82, 2.24) is 0 Å². The SMILES string of the molecule is CCCCCCCCCCCCCCCCCCCCC(CCC(C)(C)c1ccc(O)cc1)C(=O)O. The summed E-state index contributed by atoms with van der Waals surface area (Å²) in [6, 6.07) is 7.32. The van der Waals surface area contributed by atoms with E-state index in [0.717, 1.165) is 31.2 Å². The molecule has 208 valence electrons. The molecule has 0 aliphatic heterocycles. The van der Waals surface area contributed by atoms with Crippen molar-refractivity contribution in [1.29, 1.82) is 0 Å². The molecule has 0 bridgehead atoms. The third-order valence-electron chi connectivity index (χ3n) is 8.02. The Morgan fingerprint density at radius 1 is 0.667 bits per heavy atom. The Bertz CT molecular complexity index is 649. The van der Waals surface area contributed by atoms with Gasteiger partial charge in [-0.05, 0) is 42.4 Å². The fraction of sp³-hybridized carbons (Fsp3) is 0.788. The van der Waals surface area contributed by atoms with E-state index in [-0.39, 0.29) is 17.1 Å². The summed E-state index contributed by atoms with van der Waals surface area (Å²) in [6.07, 6.45) is 26.7. The Hall–Kier alpha value is -1.51. The summed E-state index contributed by atoms with van der Waals surface area (Å²) in [5.74, 6) is -0.627. The van der Waals surface area contributed by atoms with Crippen molar-refractivity contribution in [3.63, 3.8) is 0 Å². The summed E-state index contributed by atoms with van der Waals surface area (Å²) < 4.78 is 0. The van der Waals surface area contributed by atoms with Crippen LogP contribution < -0.4 is 0 Å². The smallest absolute Gasteiger partial charge is 0.306 e. The minimum Gasteiger partial charge on any atom is -0.508 e. The van der Waals surface area contributed by atoms with Gasteiger partial charge >= 0.3 is 5.97 Å². The molecule has 0 spiro atoms. The number of carboxylic acids is 1. The van der Waals surface area contributed by atoms with E-state index in [9.17, 15) is 15.0 Å². The second-order valence-electron chi connectivity index (χ2n) is 11.8. The molecular formula is C33H58O3. The Labute approximate surface area is 223 Å². The number of phenolic OH excluding ortho intramolecular Hbond substituents is 1. The highest BCUT2D eigenvalue weighted by atomic mass is 16.4. The molecule has 3 heteroatoms. The van der Waals surface area contributed by atoms with Crippen LogP contribution in [-0.2, 0) is 10.2 Å². The molecule has 0 fully saturated rings. The molecule has 0 aliphatic rings. The summed E-state index contributed by atoms with van der Waals surface area (Å²) in [4.78, 5) is 11.8. The van der Waals surface area contributed by atoms with Crippen molar-refractivity contribution in [2.75, 3.05) is 0 Å². The molecule has 0 heterocycles. The molecule has 0 saturated carbocycles. The molecule has 0 aliphatic carbocycles. The quantitative estimate of drug-likeness (QED) is 0.138. The zero-order valence-corrected chi connectivity index (χ0v) is 24.0. The van der Waals surface area contributed by atoms with E-state index in [2.05, 4.69) is 20.8 Å². The Morgan fingerprint density at radius 2 is 1.06 bits per heavy atom. The number of phenols is 1. The average Bonchev–Trinajstić information content (AvgIpc) is 2.85. The number of rotatable bonds is 24. The Kier molecular flexibility index (Phi) is 18.6. The molecule has 3 nitrogen and oxygen atoms in total. The maximum Gasteiger partial charge on any atom is 0.306 e. The molecule has 1 rings (SSSR count). The van der Waals surface area contributed by atoms with Crippen molar-refractivity contribution in [3.8, 4) is 5.75 Å². The minimum absolute atomic E-state index is 0.0880. The van der Waals surface area contributed by atoms with Gasteiger partial charge in [-0.15, -0.1) is 0 Å². The lowest BCUT2D eigenvalue weighted by atomic mass is 9.78. The molecule has 0 saturated heterocycles. The fourth-order valence-corrected chi connectivity index (χ4v) is 5.28. The van der Waals surface area contributed by atoms with Crippen LogP contribution in [0.25, 0.3) is 0 Å². The number of benzene rings is 1. The van der Waals surface area contributed by atoms with Gasteiger partial charge in [-0.2, -0.15) is 0 Å². The van der Waals surface area contributed by atoms with Crippen LogP contribution in [0, 0.1) is 5.92 Å². The van der Waals surface area contributed by atoms with Gasteiger partial charge in [-0.3, -0.25) is 4.79 Å². The second kappa shape index (κ2) is 20.5. The van der Waals surface area contributed by atoms with Gasteiger partial charge in [-0.1, -0.05) is 148 Å². The Balaban J connectivity index is 1.98. The van der Waals surface area contributed by atoms with Crippen LogP contribution in [0.1, 0.15) is 161 Å². The predicted octanol–water partition coefficient (Wildman–Crippen LogP) is 10.6. The lowest BCUT2D eigenvalue weighted by molar-refractivity contribution is -0.142. The van der Waals surface area contributed by atoms with E-state index in [1.54, 1.807) is 12.1 Å². The van der Waals surface area contributed by atoms with Crippen molar-refractivity contribution in [2.45, 2.75) is 161 Å². The first-order valence-electron chi connectivity index (χ1n) is 15.4. The highest BCUT2D eigenvalue weighted by Crippen LogP contribution is 2.32.